The standard InChI is InChI=1S/C30H35ClO3S/c1-22-12-13-25(19-23(22)2)20-26(27-8-5-10-28(31)21-27)9-6-18-35(34)29-16-14-24(15-17-29)7-3-4-11-30(32)33/h5,8,10,12-17,19,21,26H,3-4,6-7,9,11,18,20H2,1-2H3,(H,32,33). The van der Waals surface area contributed by atoms with Crippen molar-refractivity contribution in [1.82, 2.24) is 0 Å². The summed E-state index contributed by atoms with van der Waals surface area (Å²) in [6.07, 6.45) is 5.33. The minimum atomic E-state index is -1.04. The highest BCUT2D eigenvalue weighted by molar-refractivity contribution is 7.85. The van der Waals surface area contributed by atoms with Gasteiger partial charge in [0.25, 0.3) is 0 Å². The van der Waals surface area contributed by atoms with Gasteiger partial charge in [0, 0.05) is 22.1 Å². The minimum absolute atomic E-state index is 0.210. The van der Waals surface area contributed by atoms with Crippen molar-refractivity contribution in [3.05, 3.63) is 99.6 Å². The molecule has 0 amide bonds. The van der Waals surface area contributed by atoms with Crippen LogP contribution in [0.5, 0.6) is 0 Å². The molecule has 2 atom stereocenters. The molecule has 0 saturated carbocycles. The topological polar surface area (TPSA) is 54.4 Å². The van der Waals surface area contributed by atoms with E-state index in [1.165, 1.54) is 22.3 Å². The van der Waals surface area contributed by atoms with E-state index in [9.17, 15) is 9.00 Å². The lowest BCUT2D eigenvalue weighted by atomic mass is 9.87. The number of aliphatic carboxylic acids is 1. The number of hydrogen-bond donors (Lipinski definition) is 1. The summed E-state index contributed by atoms with van der Waals surface area (Å²) in [6.45, 7) is 4.28. The first-order valence-electron chi connectivity index (χ1n) is 12.3. The Labute approximate surface area is 217 Å². The lowest BCUT2D eigenvalue weighted by Crippen LogP contribution is -2.07. The summed E-state index contributed by atoms with van der Waals surface area (Å²) in [7, 11) is -1.04. The molecule has 0 aromatic heterocycles. The summed E-state index contributed by atoms with van der Waals surface area (Å²) in [5.41, 5.74) is 6.31. The van der Waals surface area contributed by atoms with Crippen molar-refractivity contribution in [2.45, 2.75) is 69.6 Å². The first kappa shape index (κ1) is 27.2. The Balaban J connectivity index is 1.57. The molecular weight excluding hydrogens is 476 g/mol. The van der Waals surface area contributed by atoms with E-state index in [2.05, 4.69) is 44.2 Å². The molecule has 0 aliphatic heterocycles. The van der Waals surface area contributed by atoms with E-state index in [4.69, 9.17) is 16.7 Å². The molecule has 186 valence electrons. The smallest absolute Gasteiger partial charge is 0.303 e. The van der Waals surface area contributed by atoms with E-state index in [0.29, 0.717) is 18.1 Å². The van der Waals surface area contributed by atoms with Crippen molar-refractivity contribution in [2.75, 3.05) is 5.75 Å². The molecular formula is C30H35ClO3S. The van der Waals surface area contributed by atoms with Crippen molar-refractivity contribution in [3.63, 3.8) is 0 Å². The van der Waals surface area contributed by atoms with Crippen LogP contribution in [0.1, 0.15) is 65.8 Å². The molecule has 0 aliphatic carbocycles. The van der Waals surface area contributed by atoms with E-state index in [0.717, 1.165) is 47.6 Å². The summed E-state index contributed by atoms with van der Waals surface area (Å²) < 4.78 is 12.9. The Morgan fingerprint density at radius 2 is 1.66 bits per heavy atom. The van der Waals surface area contributed by atoms with Crippen LogP contribution in [0.2, 0.25) is 5.02 Å². The lowest BCUT2D eigenvalue weighted by molar-refractivity contribution is -0.137. The molecule has 0 radical (unpaired) electrons. The second kappa shape index (κ2) is 13.6. The maximum Gasteiger partial charge on any atom is 0.303 e. The number of halogens is 1. The van der Waals surface area contributed by atoms with Gasteiger partial charge < -0.3 is 5.11 Å². The molecule has 35 heavy (non-hydrogen) atoms. The normalized spacial score (nSPS) is 12.9. The minimum Gasteiger partial charge on any atom is -0.481 e. The van der Waals surface area contributed by atoms with Crippen LogP contribution in [0.25, 0.3) is 0 Å². The molecule has 3 aromatic carbocycles. The maximum absolute atomic E-state index is 12.9. The van der Waals surface area contributed by atoms with E-state index in [1.807, 2.05) is 36.4 Å². The van der Waals surface area contributed by atoms with Gasteiger partial charge in [-0.15, -0.1) is 0 Å². The number of carboxylic acids is 1. The number of carboxylic acid groups (broad SMARTS) is 1. The molecule has 0 heterocycles. The number of benzene rings is 3. The fourth-order valence-corrected chi connectivity index (χ4v) is 5.66. The Bertz CT molecular complexity index is 1140. The molecule has 3 aromatic rings. The number of unbranched alkanes of at least 4 members (excludes halogenated alkanes) is 1. The predicted octanol–water partition coefficient (Wildman–Crippen LogP) is 7.67. The van der Waals surface area contributed by atoms with Gasteiger partial charge in [-0.1, -0.05) is 54.1 Å². The Morgan fingerprint density at radius 1 is 0.914 bits per heavy atom. The summed E-state index contributed by atoms with van der Waals surface area (Å²) >= 11 is 6.29. The van der Waals surface area contributed by atoms with Crippen LogP contribution in [0, 0.1) is 13.8 Å². The van der Waals surface area contributed by atoms with Gasteiger partial charge in [0.2, 0.25) is 0 Å². The molecule has 0 spiro atoms. The molecule has 0 fully saturated rings. The quantitative estimate of drug-likeness (QED) is 0.240. The number of carbonyl (C=O) groups is 1. The van der Waals surface area contributed by atoms with Gasteiger partial charge in [-0.25, -0.2) is 0 Å². The van der Waals surface area contributed by atoms with Crippen molar-refractivity contribution in [1.29, 1.82) is 0 Å². The lowest BCUT2D eigenvalue weighted by Gasteiger charge is -2.19. The third-order valence-corrected chi connectivity index (χ3v) is 8.24. The van der Waals surface area contributed by atoms with Gasteiger partial charge in [-0.05, 0) is 110 Å². The van der Waals surface area contributed by atoms with Crippen molar-refractivity contribution in [2.24, 2.45) is 0 Å². The molecule has 0 bridgehead atoms. The third-order valence-electron chi connectivity index (χ3n) is 6.55. The van der Waals surface area contributed by atoms with Crippen molar-refractivity contribution >= 4 is 28.4 Å². The molecule has 3 rings (SSSR count). The van der Waals surface area contributed by atoms with E-state index in [1.54, 1.807) is 0 Å². The van der Waals surface area contributed by atoms with Gasteiger partial charge in [0.05, 0.1) is 10.8 Å². The second-order valence-electron chi connectivity index (χ2n) is 9.31. The summed E-state index contributed by atoms with van der Waals surface area (Å²) in [5.74, 6) is 0.199. The zero-order valence-corrected chi connectivity index (χ0v) is 22.2. The van der Waals surface area contributed by atoms with Crippen LogP contribution in [-0.4, -0.2) is 21.0 Å². The molecule has 5 heteroatoms. The SMILES string of the molecule is Cc1ccc(CC(CCCS(=O)c2ccc(CCCCC(=O)O)cc2)c2cccc(Cl)c2)cc1C. The highest BCUT2D eigenvalue weighted by Crippen LogP contribution is 2.29. The molecule has 0 saturated heterocycles. The number of hydrogen-bond acceptors (Lipinski definition) is 2. The molecule has 1 N–H and O–H groups in total. The Morgan fingerprint density at radius 3 is 2.34 bits per heavy atom. The van der Waals surface area contributed by atoms with Crippen LogP contribution in [0.3, 0.4) is 0 Å². The van der Waals surface area contributed by atoms with Gasteiger partial charge in [0.15, 0.2) is 0 Å². The van der Waals surface area contributed by atoms with Gasteiger partial charge >= 0.3 is 5.97 Å². The van der Waals surface area contributed by atoms with Crippen LogP contribution in [0.4, 0.5) is 0 Å². The molecule has 3 nitrogen and oxygen atoms in total. The summed E-state index contributed by atoms with van der Waals surface area (Å²) in [4.78, 5) is 11.5. The first-order valence-corrected chi connectivity index (χ1v) is 14.0. The average molecular weight is 511 g/mol. The first-order chi connectivity index (χ1) is 16.8. The Kier molecular flexibility index (Phi) is 10.6. The fourth-order valence-electron chi connectivity index (χ4n) is 4.35. The Hall–Kier alpha value is -2.43. The zero-order valence-electron chi connectivity index (χ0n) is 20.6. The monoisotopic (exact) mass is 510 g/mol. The summed E-state index contributed by atoms with van der Waals surface area (Å²) in [5, 5.41) is 9.49. The van der Waals surface area contributed by atoms with Crippen molar-refractivity contribution in [3.8, 4) is 0 Å². The average Bonchev–Trinajstić information content (AvgIpc) is 2.83. The predicted molar refractivity (Wildman–Crippen MR) is 146 cm³/mol. The van der Waals surface area contributed by atoms with E-state index < -0.39 is 16.8 Å². The van der Waals surface area contributed by atoms with Crippen LogP contribution >= 0.6 is 11.6 Å². The highest BCUT2D eigenvalue weighted by atomic mass is 35.5. The number of aryl methyl sites for hydroxylation is 3. The van der Waals surface area contributed by atoms with Crippen molar-refractivity contribution < 1.29 is 14.1 Å². The highest BCUT2D eigenvalue weighted by Gasteiger charge is 2.15. The summed E-state index contributed by atoms with van der Waals surface area (Å²) in [6, 6.07) is 22.7. The van der Waals surface area contributed by atoms with Gasteiger partial charge in [-0.2, -0.15) is 0 Å². The third kappa shape index (κ3) is 8.94. The molecule has 0 aliphatic rings. The number of rotatable bonds is 13. The van der Waals surface area contributed by atoms with Crippen LogP contribution in [-0.2, 0) is 28.4 Å². The van der Waals surface area contributed by atoms with Gasteiger partial charge in [0.1, 0.15) is 0 Å². The van der Waals surface area contributed by atoms with E-state index in [-0.39, 0.29) is 6.42 Å². The largest absolute Gasteiger partial charge is 0.481 e. The zero-order chi connectivity index (χ0) is 25.2. The van der Waals surface area contributed by atoms with E-state index >= 15 is 0 Å². The fraction of sp³-hybridized carbons (Fsp3) is 0.367. The maximum atomic E-state index is 12.9. The van der Waals surface area contributed by atoms with Crippen LogP contribution in [0.15, 0.2) is 71.6 Å². The second-order valence-corrected chi connectivity index (χ2v) is 11.3. The van der Waals surface area contributed by atoms with Crippen LogP contribution < -0.4 is 0 Å². The van der Waals surface area contributed by atoms with Gasteiger partial charge in [-0.3, -0.25) is 9.00 Å². The molecule has 2 unspecified atom stereocenters.